The van der Waals surface area contributed by atoms with Gasteiger partial charge in [0, 0.05) is 12.3 Å². The van der Waals surface area contributed by atoms with Crippen molar-refractivity contribution in [3.05, 3.63) is 47.8 Å². The zero-order valence-electron chi connectivity index (χ0n) is 15.3. The van der Waals surface area contributed by atoms with E-state index in [1.165, 1.54) is 0 Å². The quantitative estimate of drug-likeness (QED) is 0.666. The van der Waals surface area contributed by atoms with Crippen molar-refractivity contribution in [2.45, 2.75) is 26.4 Å². The van der Waals surface area contributed by atoms with E-state index in [9.17, 15) is 5.11 Å². The van der Waals surface area contributed by atoms with E-state index in [0.717, 1.165) is 16.9 Å². The molecule has 136 valence electrons. The van der Waals surface area contributed by atoms with Gasteiger partial charge in [0.1, 0.15) is 5.65 Å². The standard InChI is InChI=1S/C19H22N4O3/c1-12(2)18-19(23-8-7-13(11-24)9-17(23)20-18)22-21-14-5-6-15(25-3)16(10-14)26-4/h5-10,12,24H,11H2,1-4H3. The van der Waals surface area contributed by atoms with E-state index in [-0.39, 0.29) is 12.5 Å². The summed E-state index contributed by atoms with van der Waals surface area (Å²) in [6.45, 7) is 4.09. The molecule has 3 aromatic rings. The Balaban J connectivity index is 2.04. The molecule has 0 unspecified atom stereocenters. The van der Waals surface area contributed by atoms with Gasteiger partial charge in [-0.15, -0.1) is 10.2 Å². The number of imidazole rings is 1. The predicted molar refractivity (Wildman–Crippen MR) is 98.9 cm³/mol. The Morgan fingerprint density at radius 2 is 1.85 bits per heavy atom. The number of hydrogen-bond donors (Lipinski definition) is 1. The van der Waals surface area contributed by atoms with Crippen LogP contribution in [0.25, 0.3) is 5.65 Å². The lowest BCUT2D eigenvalue weighted by molar-refractivity contribution is 0.282. The molecule has 2 aromatic heterocycles. The first-order valence-electron chi connectivity index (χ1n) is 8.33. The highest BCUT2D eigenvalue weighted by atomic mass is 16.5. The SMILES string of the molecule is COc1ccc(N=Nc2c(C(C)C)nc3cc(CO)ccn23)cc1OC. The second-order valence-electron chi connectivity index (χ2n) is 6.14. The minimum atomic E-state index is -0.0249. The number of methoxy groups -OCH3 is 2. The zero-order valence-corrected chi connectivity index (χ0v) is 15.3. The highest BCUT2D eigenvalue weighted by Gasteiger charge is 2.15. The number of azo groups is 1. The van der Waals surface area contributed by atoms with E-state index in [4.69, 9.17) is 9.47 Å². The van der Waals surface area contributed by atoms with Crippen LogP contribution in [0.1, 0.15) is 31.0 Å². The molecule has 26 heavy (non-hydrogen) atoms. The smallest absolute Gasteiger partial charge is 0.183 e. The number of hydrogen-bond acceptors (Lipinski definition) is 6. The summed E-state index contributed by atoms with van der Waals surface area (Å²) in [6, 6.07) is 9.06. The van der Waals surface area contributed by atoms with Crippen LogP contribution in [0, 0.1) is 0 Å². The number of aromatic nitrogens is 2. The van der Waals surface area contributed by atoms with E-state index in [0.29, 0.717) is 23.0 Å². The van der Waals surface area contributed by atoms with Crippen LogP contribution < -0.4 is 9.47 Å². The lowest BCUT2D eigenvalue weighted by Gasteiger charge is -2.07. The largest absolute Gasteiger partial charge is 0.493 e. The highest BCUT2D eigenvalue weighted by Crippen LogP contribution is 2.33. The third-order valence-corrected chi connectivity index (χ3v) is 4.05. The first kappa shape index (κ1) is 17.9. The number of aliphatic hydroxyl groups is 1. The average molecular weight is 354 g/mol. The molecule has 1 aromatic carbocycles. The number of benzene rings is 1. The zero-order chi connectivity index (χ0) is 18.7. The third-order valence-electron chi connectivity index (χ3n) is 4.05. The molecular weight excluding hydrogens is 332 g/mol. The average Bonchev–Trinajstić information content (AvgIpc) is 3.03. The molecule has 0 aliphatic carbocycles. The topological polar surface area (TPSA) is 80.7 Å². The van der Waals surface area contributed by atoms with E-state index < -0.39 is 0 Å². The van der Waals surface area contributed by atoms with Crippen molar-refractivity contribution in [3.8, 4) is 11.5 Å². The molecule has 0 spiro atoms. The molecule has 0 atom stereocenters. The maximum absolute atomic E-state index is 9.33. The van der Waals surface area contributed by atoms with Gasteiger partial charge in [-0.25, -0.2) is 4.98 Å². The Kier molecular flexibility index (Phi) is 5.18. The van der Waals surface area contributed by atoms with Crippen molar-refractivity contribution >= 4 is 17.2 Å². The van der Waals surface area contributed by atoms with E-state index in [1.807, 2.05) is 28.8 Å². The molecule has 0 bridgehead atoms. The minimum Gasteiger partial charge on any atom is -0.493 e. The Hall–Kier alpha value is -2.93. The molecule has 7 heteroatoms. The molecule has 0 aliphatic heterocycles. The van der Waals surface area contributed by atoms with Gasteiger partial charge in [-0.05, 0) is 35.7 Å². The second kappa shape index (κ2) is 7.53. The molecule has 7 nitrogen and oxygen atoms in total. The number of aliphatic hydroxyl groups excluding tert-OH is 1. The van der Waals surface area contributed by atoms with Gasteiger partial charge in [-0.2, -0.15) is 0 Å². The van der Waals surface area contributed by atoms with Crippen LogP contribution in [0.4, 0.5) is 11.5 Å². The first-order valence-corrected chi connectivity index (χ1v) is 8.33. The molecule has 0 saturated carbocycles. The number of rotatable bonds is 6. The van der Waals surface area contributed by atoms with Crippen LogP contribution in [0.2, 0.25) is 0 Å². The molecule has 0 aliphatic rings. The summed E-state index contributed by atoms with van der Waals surface area (Å²) in [5, 5.41) is 18.1. The van der Waals surface area contributed by atoms with Crippen molar-refractivity contribution in [1.29, 1.82) is 0 Å². The maximum Gasteiger partial charge on any atom is 0.183 e. The number of nitrogens with zero attached hydrogens (tertiary/aromatic N) is 4. The number of fused-ring (bicyclic) bond motifs is 1. The van der Waals surface area contributed by atoms with E-state index >= 15 is 0 Å². The summed E-state index contributed by atoms with van der Waals surface area (Å²) in [5.41, 5.74) is 3.05. The fraction of sp³-hybridized carbons (Fsp3) is 0.316. The van der Waals surface area contributed by atoms with E-state index in [2.05, 4.69) is 29.1 Å². The van der Waals surface area contributed by atoms with Gasteiger partial charge in [0.15, 0.2) is 17.3 Å². The summed E-state index contributed by atoms with van der Waals surface area (Å²) in [7, 11) is 3.17. The van der Waals surface area contributed by atoms with Gasteiger partial charge in [-0.1, -0.05) is 13.8 Å². The third kappa shape index (κ3) is 3.39. The Bertz CT molecular complexity index is 947. The summed E-state index contributed by atoms with van der Waals surface area (Å²) in [4.78, 5) is 4.65. The Labute approximate surface area is 151 Å². The molecule has 0 amide bonds. The minimum absolute atomic E-state index is 0.0249. The Morgan fingerprint density at radius 3 is 2.50 bits per heavy atom. The molecule has 1 N–H and O–H groups in total. The molecule has 0 saturated heterocycles. The van der Waals surface area contributed by atoms with Crippen LogP contribution in [-0.2, 0) is 6.61 Å². The number of ether oxygens (including phenoxy) is 2. The molecule has 0 radical (unpaired) electrons. The lowest BCUT2D eigenvalue weighted by atomic mass is 10.1. The van der Waals surface area contributed by atoms with Gasteiger partial charge >= 0.3 is 0 Å². The highest BCUT2D eigenvalue weighted by molar-refractivity contribution is 5.55. The van der Waals surface area contributed by atoms with E-state index in [1.54, 1.807) is 26.4 Å². The van der Waals surface area contributed by atoms with Gasteiger partial charge in [0.2, 0.25) is 0 Å². The summed E-state index contributed by atoms with van der Waals surface area (Å²) in [6.07, 6.45) is 1.85. The van der Waals surface area contributed by atoms with Crippen molar-refractivity contribution in [2.24, 2.45) is 10.2 Å². The van der Waals surface area contributed by atoms with Crippen molar-refractivity contribution < 1.29 is 14.6 Å². The van der Waals surface area contributed by atoms with Crippen LogP contribution in [-0.4, -0.2) is 28.7 Å². The molecule has 3 rings (SSSR count). The van der Waals surface area contributed by atoms with Crippen molar-refractivity contribution in [2.75, 3.05) is 14.2 Å². The Morgan fingerprint density at radius 1 is 1.08 bits per heavy atom. The maximum atomic E-state index is 9.33. The second-order valence-corrected chi connectivity index (χ2v) is 6.14. The molecule has 2 heterocycles. The molecule has 0 fully saturated rings. The van der Waals surface area contributed by atoms with Crippen LogP contribution in [0.3, 0.4) is 0 Å². The monoisotopic (exact) mass is 354 g/mol. The van der Waals surface area contributed by atoms with Crippen molar-refractivity contribution in [1.82, 2.24) is 9.38 Å². The fourth-order valence-electron chi connectivity index (χ4n) is 2.67. The predicted octanol–water partition coefficient (Wildman–Crippen LogP) is 4.38. The van der Waals surface area contributed by atoms with Gasteiger partial charge in [0.05, 0.1) is 32.2 Å². The van der Waals surface area contributed by atoms with Crippen molar-refractivity contribution in [3.63, 3.8) is 0 Å². The van der Waals surface area contributed by atoms with Crippen LogP contribution in [0.15, 0.2) is 46.8 Å². The van der Waals surface area contributed by atoms with Crippen LogP contribution >= 0.6 is 0 Å². The van der Waals surface area contributed by atoms with Crippen LogP contribution in [0.5, 0.6) is 11.5 Å². The lowest BCUT2D eigenvalue weighted by Crippen LogP contribution is -1.89. The fourth-order valence-corrected chi connectivity index (χ4v) is 2.67. The summed E-state index contributed by atoms with van der Waals surface area (Å²) in [5.74, 6) is 2.10. The normalized spacial score (nSPS) is 11.6. The van der Waals surface area contributed by atoms with Gasteiger partial charge < -0.3 is 14.6 Å². The number of pyridine rings is 1. The summed E-state index contributed by atoms with van der Waals surface area (Å²) < 4.78 is 12.4. The van der Waals surface area contributed by atoms with Gasteiger partial charge in [-0.3, -0.25) is 4.40 Å². The summed E-state index contributed by atoms with van der Waals surface area (Å²) >= 11 is 0. The molecular formula is C19H22N4O3. The first-order chi connectivity index (χ1) is 12.6. The van der Waals surface area contributed by atoms with Gasteiger partial charge in [0.25, 0.3) is 0 Å².